The van der Waals surface area contributed by atoms with Gasteiger partial charge in [0, 0.05) is 17.3 Å². The Morgan fingerprint density at radius 3 is 2.22 bits per heavy atom. The summed E-state index contributed by atoms with van der Waals surface area (Å²) in [4.78, 5) is 27.0. The van der Waals surface area contributed by atoms with Crippen molar-refractivity contribution in [3.8, 4) is 5.75 Å². The third-order valence-corrected chi connectivity index (χ3v) is 4.43. The smallest absolute Gasteiger partial charge is 0.278 e. The molecule has 0 atom stereocenters. The van der Waals surface area contributed by atoms with Crippen molar-refractivity contribution in [3.05, 3.63) is 64.8 Å². The zero-order valence-corrected chi connectivity index (χ0v) is 16.0. The summed E-state index contributed by atoms with van der Waals surface area (Å²) in [5, 5.41) is 3.69. The summed E-state index contributed by atoms with van der Waals surface area (Å²) in [6.45, 7) is 4.81. The molecular formula is C21H21ClN2O3. The molecule has 1 heterocycles. The Morgan fingerprint density at radius 1 is 0.963 bits per heavy atom. The Labute approximate surface area is 163 Å². The number of hydrogen-bond acceptors (Lipinski definition) is 4. The Kier molecular flexibility index (Phi) is 5.81. The van der Waals surface area contributed by atoms with Crippen molar-refractivity contribution in [1.29, 1.82) is 0 Å². The number of halogens is 1. The first-order chi connectivity index (χ1) is 13.0. The van der Waals surface area contributed by atoms with E-state index in [9.17, 15) is 9.59 Å². The number of anilines is 1. The van der Waals surface area contributed by atoms with E-state index in [2.05, 4.69) is 5.32 Å². The SMILES string of the molecule is CCCN1C(=O)C(Nc2ccc(OCC)cc2)=C(c2ccc(Cl)cc2)C1=O. The van der Waals surface area contributed by atoms with Gasteiger partial charge in [-0.05, 0) is 55.3 Å². The van der Waals surface area contributed by atoms with Crippen LogP contribution in [0.3, 0.4) is 0 Å². The molecule has 2 aromatic rings. The van der Waals surface area contributed by atoms with Crippen LogP contribution < -0.4 is 10.1 Å². The predicted octanol–water partition coefficient (Wildman–Crippen LogP) is 4.34. The first-order valence-corrected chi connectivity index (χ1v) is 9.29. The lowest BCUT2D eigenvalue weighted by Gasteiger charge is -2.14. The minimum Gasteiger partial charge on any atom is -0.494 e. The molecular weight excluding hydrogens is 364 g/mol. The van der Waals surface area contributed by atoms with Gasteiger partial charge < -0.3 is 10.1 Å². The largest absolute Gasteiger partial charge is 0.494 e. The molecule has 5 nitrogen and oxygen atoms in total. The van der Waals surface area contributed by atoms with Crippen LogP contribution in [-0.2, 0) is 9.59 Å². The van der Waals surface area contributed by atoms with Gasteiger partial charge in [0.1, 0.15) is 11.4 Å². The van der Waals surface area contributed by atoms with Gasteiger partial charge in [0.05, 0.1) is 12.2 Å². The van der Waals surface area contributed by atoms with E-state index in [0.717, 1.165) is 5.75 Å². The molecule has 1 aliphatic rings. The summed E-state index contributed by atoms with van der Waals surface area (Å²) in [6.07, 6.45) is 0.696. The van der Waals surface area contributed by atoms with E-state index in [4.69, 9.17) is 16.3 Å². The van der Waals surface area contributed by atoms with Gasteiger partial charge >= 0.3 is 0 Å². The molecule has 140 valence electrons. The van der Waals surface area contributed by atoms with Gasteiger partial charge in [0.25, 0.3) is 11.8 Å². The number of benzene rings is 2. The highest BCUT2D eigenvalue weighted by Gasteiger charge is 2.38. The average Bonchev–Trinajstić information content (AvgIpc) is 2.89. The van der Waals surface area contributed by atoms with Crippen molar-refractivity contribution in [3.63, 3.8) is 0 Å². The normalized spacial score (nSPS) is 14.1. The topological polar surface area (TPSA) is 58.6 Å². The highest BCUT2D eigenvalue weighted by atomic mass is 35.5. The monoisotopic (exact) mass is 384 g/mol. The number of carbonyl (C=O) groups excluding carboxylic acids is 2. The van der Waals surface area contributed by atoms with Crippen LogP contribution in [0.25, 0.3) is 5.57 Å². The van der Waals surface area contributed by atoms with Crippen LogP contribution in [0.2, 0.25) is 5.02 Å². The van der Waals surface area contributed by atoms with Crippen LogP contribution >= 0.6 is 11.6 Å². The lowest BCUT2D eigenvalue weighted by atomic mass is 10.0. The maximum absolute atomic E-state index is 12.9. The molecule has 0 unspecified atom stereocenters. The fourth-order valence-corrected chi connectivity index (χ4v) is 3.07. The second-order valence-corrected chi connectivity index (χ2v) is 6.54. The van der Waals surface area contributed by atoms with Gasteiger partial charge in [-0.15, -0.1) is 0 Å². The van der Waals surface area contributed by atoms with E-state index in [1.807, 2.05) is 38.1 Å². The molecule has 0 radical (unpaired) electrons. The van der Waals surface area contributed by atoms with Crippen molar-refractivity contribution in [2.45, 2.75) is 20.3 Å². The van der Waals surface area contributed by atoms with Crippen LogP contribution in [0.15, 0.2) is 54.2 Å². The number of amides is 2. The molecule has 0 aromatic heterocycles. The molecule has 1 aliphatic heterocycles. The summed E-state index contributed by atoms with van der Waals surface area (Å²) in [6, 6.07) is 14.2. The molecule has 0 saturated heterocycles. The number of imide groups is 1. The molecule has 2 aromatic carbocycles. The van der Waals surface area contributed by atoms with Crippen LogP contribution in [-0.4, -0.2) is 29.9 Å². The van der Waals surface area contributed by atoms with Crippen molar-refractivity contribution < 1.29 is 14.3 Å². The van der Waals surface area contributed by atoms with E-state index < -0.39 is 0 Å². The number of carbonyl (C=O) groups is 2. The Morgan fingerprint density at radius 2 is 1.63 bits per heavy atom. The maximum Gasteiger partial charge on any atom is 0.278 e. The number of rotatable bonds is 7. The van der Waals surface area contributed by atoms with Crippen LogP contribution in [0.4, 0.5) is 5.69 Å². The Balaban J connectivity index is 1.98. The molecule has 2 amide bonds. The van der Waals surface area contributed by atoms with Gasteiger partial charge in [-0.1, -0.05) is 30.7 Å². The zero-order valence-electron chi connectivity index (χ0n) is 15.3. The summed E-state index contributed by atoms with van der Waals surface area (Å²) in [5.41, 5.74) is 2.00. The molecule has 27 heavy (non-hydrogen) atoms. The van der Waals surface area contributed by atoms with Gasteiger partial charge in [0.15, 0.2) is 0 Å². The van der Waals surface area contributed by atoms with E-state index >= 15 is 0 Å². The molecule has 0 bridgehead atoms. The van der Waals surface area contributed by atoms with Gasteiger partial charge in [0.2, 0.25) is 0 Å². The van der Waals surface area contributed by atoms with Crippen molar-refractivity contribution >= 4 is 34.7 Å². The lowest BCUT2D eigenvalue weighted by Crippen LogP contribution is -2.33. The Hall–Kier alpha value is -2.79. The highest BCUT2D eigenvalue weighted by molar-refractivity contribution is 6.36. The maximum atomic E-state index is 12.9. The van der Waals surface area contributed by atoms with Gasteiger partial charge in [-0.3, -0.25) is 14.5 Å². The van der Waals surface area contributed by atoms with Crippen LogP contribution in [0.5, 0.6) is 5.75 Å². The van der Waals surface area contributed by atoms with E-state index in [1.54, 1.807) is 24.3 Å². The summed E-state index contributed by atoms with van der Waals surface area (Å²) in [5.74, 6) is 0.134. The third kappa shape index (κ3) is 3.98. The zero-order chi connectivity index (χ0) is 19.4. The van der Waals surface area contributed by atoms with Gasteiger partial charge in [-0.2, -0.15) is 0 Å². The minimum absolute atomic E-state index is 0.278. The molecule has 0 fully saturated rings. The van der Waals surface area contributed by atoms with Crippen molar-refractivity contribution in [2.24, 2.45) is 0 Å². The summed E-state index contributed by atoms with van der Waals surface area (Å²) < 4.78 is 5.44. The molecule has 0 saturated carbocycles. The summed E-state index contributed by atoms with van der Waals surface area (Å²) in [7, 11) is 0. The average molecular weight is 385 g/mol. The van der Waals surface area contributed by atoms with Gasteiger partial charge in [-0.25, -0.2) is 0 Å². The summed E-state index contributed by atoms with van der Waals surface area (Å²) >= 11 is 5.96. The standard InChI is InChI=1S/C21H21ClN2O3/c1-3-13-24-20(25)18(14-5-7-15(22)8-6-14)19(21(24)26)23-16-9-11-17(12-10-16)27-4-2/h5-12,23H,3-4,13H2,1-2H3. The van der Waals surface area contributed by atoms with E-state index in [0.29, 0.717) is 41.4 Å². The second-order valence-electron chi connectivity index (χ2n) is 6.10. The Bertz CT molecular complexity index is 873. The molecule has 0 spiro atoms. The fraction of sp³-hybridized carbons (Fsp3) is 0.238. The van der Waals surface area contributed by atoms with Crippen molar-refractivity contribution in [1.82, 2.24) is 4.90 Å². The third-order valence-electron chi connectivity index (χ3n) is 4.18. The molecule has 6 heteroatoms. The first kappa shape index (κ1) is 19.0. The highest BCUT2D eigenvalue weighted by Crippen LogP contribution is 2.31. The van der Waals surface area contributed by atoms with E-state index in [-0.39, 0.29) is 17.5 Å². The number of hydrogen-bond donors (Lipinski definition) is 1. The second kappa shape index (κ2) is 8.27. The van der Waals surface area contributed by atoms with E-state index in [1.165, 1.54) is 4.90 Å². The minimum atomic E-state index is -0.319. The molecule has 3 rings (SSSR count). The van der Waals surface area contributed by atoms with Crippen LogP contribution in [0, 0.1) is 0 Å². The molecule has 0 aliphatic carbocycles. The number of nitrogens with one attached hydrogen (secondary N) is 1. The quantitative estimate of drug-likeness (QED) is 0.721. The lowest BCUT2D eigenvalue weighted by molar-refractivity contribution is -0.136. The first-order valence-electron chi connectivity index (χ1n) is 8.91. The fourth-order valence-electron chi connectivity index (χ4n) is 2.95. The molecule has 1 N–H and O–H groups in total. The van der Waals surface area contributed by atoms with Crippen molar-refractivity contribution in [2.75, 3.05) is 18.5 Å². The number of nitrogens with zero attached hydrogens (tertiary/aromatic N) is 1. The predicted molar refractivity (Wildman–Crippen MR) is 107 cm³/mol. The number of ether oxygens (including phenoxy) is 1. The van der Waals surface area contributed by atoms with Crippen LogP contribution in [0.1, 0.15) is 25.8 Å².